The van der Waals surface area contributed by atoms with E-state index in [0.717, 1.165) is 52.0 Å². The third-order valence-electron chi connectivity index (χ3n) is 6.42. The first-order valence-corrected chi connectivity index (χ1v) is 13.8. The number of aliphatic carboxylic acids is 3. The van der Waals surface area contributed by atoms with Crippen molar-refractivity contribution in [3.63, 3.8) is 0 Å². The Morgan fingerprint density at radius 3 is 1.83 bits per heavy atom. The van der Waals surface area contributed by atoms with Gasteiger partial charge in [-0.05, 0) is 49.4 Å². The lowest BCUT2D eigenvalue weighted by molar-refractivity contribution is -0.193. The summed E-state index contributed by atoms with van der Waals surface area (Å²) in [5, 5.41) is 23.5. The Morgan fingerprint density at radius 1 is 0.935 bits per heavy atom. The standard InChI is InChI=1S/C20H27N3OS.3C2HF3O2/c1-22(14-17-4-2-8-21-13-17)18-12-20(24-16-18)6-9-23(10-7-20)15-19-5-3-11-25-19;3*3-2(4,5)1(6)7/h2-5,8,11,13,18H,6-7,9-10,12,14-16H2,1H3;3*(H,6,7). The lowest BCUT2D eigenvalue weighted by atomic mass is 9.87. The van der Waals surface area contributed by atoms with Crippen molar-refractivity contribution in [2.24, 2.45) is 0 Å². The van der Waals surface area contributed by atoms with Crippen LogP contribution in [-0.2, 0) is 32.2 Å². The van der Waals surface area contributed by atoms with Crippen molar-refractivity contribution >= 4 is 29.2 Å². The molecule has 1 spiro atoms. The van der Waals surface area contributed by atoms with Gasteiger partial charge in [0.25, 0.3) is 0 Å². The van der Waals surface area contributed by atoms with Crippen molar-refractivity contribution in [1.82, 2.24) is 14.8 Å². The van der Waals surface area contributed by atoms with Crippen LogP contribution >= 0.6 is 11.3 Å². The van der Waals surface area contributed by atoms with E-state index in [4.69, 9.17) is 34.4 Å². The summed E-state index contributed by atoms with van der Waals surface area (Å²) < 4.78 is 102. The SMILES string of the molecule is CN(Cc1cccnc1)C1COC2(CCN(Cc3cccs3)CC2)C1.O=C(O)C(F)(F)F.O=C(O)C(F)(F)F.O=C(O)C(F)(F)F. The largest absolute Gasteiger partial charge is 0.490 e. The molecular weight excluding hydrogens is 669 g/mol. The maximum Gasteiger partial charge on any atom is 0.490 e. The summed E-state index contributed by atoms with van der Waals surface area (Å²) in [4.78, 5) is 37.4. The van der Waals surface area contributed by atoms with Crippen LogP contribution in [0, 0.1) is 0 Å². The number of likely N-dealkylation sites (N-methyl/N-ethyl adjacent to an activating group) is 1. The average Bonchev–Trinajstić information content (AvgIpc) is 3.61. The Labute approximate surface area is 260 Å². The van der Waals surface area contributed by atoms with Crippen LogP contribution in [0.4, 0.5) is 39.5 Å². The molecule has 0 saturated carbocycles. The molecule has 2 aliphatic rings. The monoisotopic (exact) mass is 699 g/mol. The quantitative estimate of drug-likeness (QED) is 0.353. The second kappa shape index (κ2) is 17.4. The molecule has 0 radical (unpaired) electrons. The van der Waals surface area contributed by atoms with E-state index in [1.165, 1.54) is 10.4 Å². The molecule has 10 nitrogen and oxygen atoms in total. The second-order valence-electron chi connectivity index (χ2n) is 9.89. The molecule has 0 aromatic carbocycles. The molecule has 260 valence electrons. The lowest BCUT2D eigenvalue weighted by Crippen LogP contribution is -2.44. The summed E-state index contributed by atoms with van der Waals surface area (Å²) in [7, 11) is 2.21. The average molecular weight is 700 g/mol. The first-order chi connectivity index (χ1) is 21.1. The van der Waals surface area contributed by atoms with Crippen LogP contribution < -0.4 is 0 Å². The number of rotatable bonds is 5. The van der Waals surface area contributed by atoms with Crippen LogP contribution in [0.3, 0.4) is 0 Å². The molecule has 1 unspecified atom stereocenters. The van der Waals surface area contributed by atoms with Crippen molar-refractivity contribution in [3.05, 3.63) is 52.5 Å². The number of piperidine rings is 1. The molecule has 2 aromatic rings. The normalized spacial score (nSPS) is 17.9. The fourth-order valence-corrected chi connectivity index (χ4v) is 4.85. The summed E-state index contributed by atoms with van der Waals surface area (Å²) in [6.07, 6.45) is -7.96. The van der Waals surface area contributed by atoms with E-state index in [-0.39, 0.29) is 5.60 Å². The molecule has 0 bridgehead atoms. The van der Waals surface area contributed by atoms with E-state index in [1.807, 2.05) is 29.8 Å². The predicted octanol–water partition coefficient (Wildman–Crippen LogP) is 5.30. The number of hydrogen-bond donors (Lipinski definition) is 3. The molecule has 2 aliphatic heterocycles. The topological polar surface area (TPSA) is 140 Å². The molecule has 4 rings (SSSR count). The number of carboxylic acid groups (broad SMARTS) is 3. The fourth-order valence-electron chi connectivity index (χ4n) is 4.10. The van der Waals surface area contributed by atoms with E-state index in [1.54, 1.807) is 0 Å². The highest BCUT2D eigenvalue weighted by Gasteiger charge is 2.44. The number of alkyl halides is 9. The van der Waals surface area contributed by atoms with Gasteiger partial charge in [0.1, 0.15) is 0 Å². The zero-order valence-corrected chi connectivity index (χ0v) is 24.7. The van der Waals surface area contributed by atoms with E-state index >= 15 is 0 Å². The van der Waals surface area contributed by atoms with Crippen LogP contribution in [0.5, 0.6) is 0 Å². The lowest BCUT2D eigenvalue weighted by Gasteiger charge is -2.38. The third kappa shape index (κ3) is 15.2. The van der Waals surface area contributed by atoms with Gasteiger partial charge in [-0.25, -0.2) is 14.4 Å². The van der Waals surface area contributed by atoms with Crippen LogP contribution in [0.15, 0.2) is 42.0 Å². The molecule has 3 N–H and O–H groups in total. The number of carboxylic acids is 3. The summed E-state index contributed by atoms with van der Waals surface area (Å²) in [5.74, 6) is -8.27. The Balaban J connectivity index is 0.000000413. The molecule has 46 heavy (non-hydrogen) atoms. The smallest absolute Gasteiger partial charge is 0.475 e. The highest BCUT2D eigenvalue weighted by Crippen LogP contribution is 2.38. The number of hydrogen-bond acceptors (Lipinski definition) is 8. The number of carbonyl (C=O) groups is 3. The minimum Gasteiger partial charge on any atom is -0.475 e. The summed E-state index contributed by atoms with van der Waals surface area (Å²) in [6, 6.07) is 9.07. The van der Waals surface area contributed by atoms with Gasteiger partial charge in [0.2, 0.25) is 0 Å². The molecule has 1 atom stereocenters. The van der Waals surface area contributed by atoms with Gasteiger partial charge in [-0.1, -0.05) is 12.1 Å². The zero-order valence-electron chi connectivity index (χ0n) is 23.9. The van der Waals surface area contributed by atoms with Gasteiger partial charge in [-0.3, -0.25) is 14.8 Å². The van der Waals surface area contributed by atoms with Gasteiger partial charge < -0.3 is 20.1 Å². The van der Waals surface area contributed by atoms with Gasteiger partial charge in [-0.15, -0.1) is 11.3 Å². The van der Waals surface area contributed by atoms with E-state index < -0.39 is 36.4 Å². The molecule has 4 heterocycles. The maximum absolute atomic E-state index is 10.6. The number of pyridine rings is 1. The van der Waals surface area contributed by atoms with E-state index in [9.17, 15) is 39.5 Å². The van der Waals surface area contributed by atoms with Crippen molar-refractivity contribution in [2.45, 2.75) is 62.5 Å². The van der Waals surface area contributed by atoms with Crippen LogP contribution in [0.1, 0.15) is 29.7 Å². The fraction of sp³-hybridized carbons (Fsp3) is 0.538. The van der Waals surface area contributed by atoms with E-state index in [0.29, 0.717) is 6.04 Å². The Kier molecular flexibility index (Phi) is 15.4. The van der Waals surface area contributed by atoms with Gasteiger partial charge in [0, 0.05) is 49.5 Å². The molecule has 2 aromatic heterocycles. The van der Waals surface area contributed by atoms with Crippen LogP contribution in [-0.4, -0.2) is 105 Å². The van der Waals surface area contributed by atoms with Gasteiger partial charge in [-0.2, -0.15) is 39.5 Å². The van der Waals surface area contributed by atoms with Crippen molar-refractivity contribution < 1.29 is 74.0 Å². The predicted molar refractivity (Wildman–Crippen MR) is 143 cm³/mol. The van der Waals surface area contributed by atoms with Gasteiger partial charge in [0.15, 0.2) is 0 Å². The van der Waals surface area contributed by atoms with Crippen molar-refractivity contribution in [1.29, 1.82) is 0 Å². The van der Waals surface area contributed by atoms with E-state index in [2.05, 4.69) is 45.4 Å². The number of likely N-dealkylation sites (tertiary alicyclic amines) is 1. The summed E-state index contributed by atoms with van der Waals surface area (Å²) >= 11 is 1.86. The maximum atomic E-state index is 10.6. The molecule has 0 aliphatic carbocycles. The number of thiophene rings is 1. The Hall–Kier alpha value is -3.49. The number of halogens is 9. The Bertz CT molecular complexity index is 1160. The number of ether oxygens (including phenoxy) is 1. The Morgan fingerprint density at radius 2 is 1.43 bits per heavy atom. The highest BCUT2D eigenvalue weighted by molar-refractivity contribution is 7.09. The van der Waals surface area contributed by atoms with Gasteiger partial charge >= 0.3 is 36.4 Å². The molecule has 2 saturated heterocycles. The highest BCUT2D eigenvalue weighted by atomic mass is 32.1. The second-order valence-corrected chi connectivity index (χ2v) is 10.9. The summed E-state index contributed by atoms with van der Waals surface area (Å²) in [6.45, 7) is 5.20. The molecular formula is C26H30F9N3O7S. The van der Waals surface area contributed by atoms with Gasteiger partial charge in [0.05, 0.1) is 12.2 Å². The molecule has 2 fully saturated rings. The van der Waals surface area contributed by atoms with Crippen molar-refractivity contribution in [2.75, 3.05) is 26.7 Å². The molecule has 0 amide bonds. The van der Waals surface area contributed by atoms with Crippen LogP contribution in [0.2, 0.25) is 0 Å². The first-order valence-electron chi connectivity index (χ1n) is 12.9. The van der Waals surface area contributed by atoms with Crippen LogP contribution in [0.25, 0.3) is 0 Å². The number of nitrogens with zero attached hydrogens (tertiary/aromatic N) is 3. The van der Waals surface area contributed by atoms with Crippen molar-refractivity contribution in [3.8, 4) is 0 Å². The third-order valence-corrected chi connectivity index (χ3v) is 7.28. The minimum atomic E-state index is -5.08. The zero-order chi connectivity index (χ0) is 35.3. The minimum absolute atomic E-state index is 0.111. The number of aromatic nitrogens is 1. The summed E-state index contributed by atoms with van der Waals surface area (Å²) in [5.41, 5.74) is 1.39. The first kappa shape index (κ1) is 40.5. The molecule has 20 heteroatoms.